The predicted octanol–water partition coefficient (Wildman–Crippen LogP) is 8.14. The van der Waals surface area contributed by atoms with Gasteiger partial charge in [-0.1, -0.05) is 149 Å². The second kappa shape index (κ2) is 22.8. The molecule has 0 saturated heterocycles. The average Bonchev–Trinajstić information content (AvgIpc) is 3.21. The van der Waals surface area contributed by atoms with Crippen LogP contribution in [0.5, 0.6) is 0 Å². The molecule has 4 atom stereocenters. The van der Waals surface area contributed by atoms with Crippen molar-refractivity contribution in [1.82, 2.24) is 9.80 Å². The molecule has 0 aliphatic heterocycles. The summed E-state index contributed by atoms with van der Waals surface area (Å²) in [4.78, 5) is 31.5. The summed E-state index contributed by atoms with van der Waals surface area (Å²) in [5.74, 6) is -2.75. The van der Waals surface area contributed by atoms with Gasteiger partial charge in [-0.05, 0) is 60.8 Å². The third-order valence-corrected chi connectivity index (χ3v) is 9.81. The maximum Gasteiger partial charge on any atom is 0.419 e. The number of hydrogen-bond donors (Lipinski definition) is 2. The van der Waals surface area contributed by atoms with Gasteiger partial charge in [-0.3, -0.25) is 9.80 Å². The van der Waals surface area contributed by atoms with E-state index in [-0.39, 0.29) is 24.7 Å². The van der Waals surface area contributed by atoms with Crippen LogP contribution in [0.3, 0.4) is 0 Å². The van der Waals surface area contributed by atoms with Gasteiger partial charge in [0, 0.05) is 38.0 Å². The van der Waals surface area contributed by atoms with E-state index in [0.29, 0.717) is 26.2 Å². The minimum Gasteiger partial charge on any atom is -0.435 e. The Labute approximate surface area is 322 Å². The summed E-state index contributed by atoms with van der Waals surface area (Å²) in [6.07, 6.45) is -0.888. The van der Waals surface area contributed by atoms with E-state index in [2.05, 4.69) is 0 Å². The van der Waals surface area contributed by atoms with Gasteiger partial charge in [-0.15, -0.1) is 0 Å². The lowest BCUT2D eigenvalue weighted by atomic mass is 9.86. The smallest absolute Gasteiger partial charge is 0.419 e. The molecule has 0 aliphatic rings. The summed E-state index contributed by atoms with van der Waals surface area (Å²) in [5, 5.41) is 23.9. The Balaban J connectivity index is 1.61. The fourth-order valence-corrected chi connectivity index (χ4v) is 7.38. The van der Waals surface area contributed by atoms with Crippen molar-refractivity contribution in [3.63, 3.8) is 0 Å². The first kappa shape index (κ1) is 42.4. The zero-order valence-corrected chi connectivity index (χ0v) is 32.5. The number of ether oxygens (including phenoxy) is 2. The number of carbonyl (C=O) groups is 2. The maximum absolute atomic E-state index is 13.8. The van der Waals surface area contributed by atoms with Crippen LogP contribution in [0.4, 0.5) is 0 Å². The topological polar surface area (TPSA) is 99.5 Å². The summed E-state index contributed by atoms with van der Waals surface area (Å²) >= 11 is 0. The van der Waals surface area contributed by atoms with Crippen molar-refractivity contribution in [1.29, 1.82) is 0 Å². The van der Waals surface area contributed by atoms with E-state index in [4.69, 9.17) is 9.47 Å². The highest BCUT2D eigenvalue weighted by Gasteiger charge is 2.38. The number of hydrogen-bond acceptors (Lipinski definition) is 8. The van der Waals surface area contributed by atoms with Crippen molar-refractivity contribution in [3.05, 3.63) is 144 Å². The number of rotatable bonds is 22. The summed E-state index contributed by atoms with van der Waals surface area (Å²) in [6, 6.07) is 39.8. The molecule has 54 heavy (non-hydrogen) atoms. The second-order valence-electron chi connectivity index (χ2n) is 14.0. The zero-order chi connectivity index (χ0) is 38.7. The molecular formula is C46H60N2O6. The zero-order valence-electron chi connectivity index (χ0n) is 32.5. The second-order valence-corrected chi connectivity index (χ2v) is 14.0. The minimum absolute atomic E-state index is 0.181. The number of aliphatic hydroxyl groups excluding tert-OH is 2. The summed E-state index contributed by atoms with van der Waals surface area (Å²) in [7, 11) is 0. The first-order valence-corrected chi connectivity index (χ1v) is 19.8. The van der Waals surface area contributed by atoms with Crippen LogP contribution in [0.2, 0.25) is 0 Å². The minimum atomic E-state index is -1.19. The SMILES string of the molecule is CCCN(CCC)C(OC(=O)C(=O)OC(C(O)CC(c1ccccc1)c1ccccc1)N(CCC)CCC)C(O)CC(c1ccccc1)c1ccccc1. The van der Waals surface area contributed by atoms with Gasteiger partial charge < -0.3 is 19.7 Å². The molecule has 4 unspecified atom stereocenters. The van der Waals surface area contributed by atoms with Gasteiger partial charge in [0.1, 0.15) is 12.2 Å². The largest absolute Gasteiger partial charge is 0.435 e. The van der Waals surface area contributed by atoms with E-state index >= 15 is 0 Å². The molecule has 0 radical (unpaired) electrons. The van der Waals surface area contributed by atoms with Crippen molar-refractivity contribution < 1.29 is 29.3 Å². The molecule has 0 bridgehead atoms. The standard InChI is InChI=1S/C46H60N2O6/c1-5-29-47(30-6-2)43(41(49)33-39(35-21-13-9-14-22-35)36-23-15-10-16-24-36)53-45(51)46(52)54-44(48(31-7-3)32-8-4)42(50)34-40(37-25-17-11-18-26-37)38-27-19-12-20-28-38/h9-28,39-44,49-50H,5-8,29-34H2,1-4H3. The monoisotopic (exact) mass is 736 g/mol. The van der Waals surface area contributed by atoms with Crippen molar-refractivity contribution in [2.75, 3.05) is 26.2 Å². The first-order valence-electron chi connectivity index (χ1n) is 19.8. The Bertz CT molecular complexity index is 1410. The fourth-order valence-electron chi connectivity index (χ4n) is 7.38. The van der Waals surface area contributed by atoms with Crippen molar-refractivity contribution in [3.8, 4) is 0 Å². The molecule has 0 saturated carbocycles. The quantitative estimate of drug-likeness (QED) is 0.0474. The molecule has 290 valence electrons. The number of benzene rings is 4. The molecule has 8 heteroatoms. The number of nitrogens with zero attached hydrogens (tertiary/aromatic N) is 2. The van der Waals surface area contributed by atoms with Gasteiger partial charge in [0.15, 0.2) is 12.5 Å². The van der Waals surface area contributed by atoms with Crippen LogP contribution in [-0.2, 0) is 19.1 Å². The Morgan fingerprint density at radius 3 is 0.926 bits per heavy atom. The predicted molar refractivity (Wildman–Crippen MR) is 215 cm³/mol. The molecule has 0 aromatic heterocycles. The van der Waals surface area contributed by atoms with Crippen LogP contribution >= 0.6 is 0 Å². The van der Waals surface area contributed by atoms with Crippen LogP contribution in [0, 0.1) is 0 Å². The van der Waals surface area contributed by atoms with Gasteiger partial charge in [-0.2, -0.15) is 0 Å². The van der Waals surface area contributed by atoms with Gasteiger partial charge in [0.2, 0.25) is 0 Å². The lowest BCUT2D eigenvalue weighted by Crippen LogP contribution is -2.51. The molecule has 0 fully saturated rings. The highest BCUT2D eigenvalue weighted by molar-refractivity contribution is 6.29. The number of carbonyl (C=O) groups excluding carboxylic acids is 2. The van der Waals surface area contributed by atoms with E-state index < -0.39 is 36.6 Å². The van der Waals surface area contributed by atoms with Crippen LogP contribution in [0.15, 0.2) is 121 Å². The van der Waals surface area contributed by atoms with Gasteiger partial charge in [-0.25, -0.2) is 9.59 Å². The molecule has 4 aromatic rings. The van der Waals surface area contributed by atoms with E-state index in [1.807, 2.05) is 159 Å². The molecule has 0 heterocycles. The Kier molecular flexibility index (Phi) is 17.9. The van der Waals surface area contributed by atoms with Gasteiger partial charge in [0.25, 0.3) is 0 Å². The molecule has 0 spiro atoms. The third kappa shape index (κ3) is 12.4. The van der Waals surface area contributed by atoms with Crippen LogP contribution in [-0.4, -0.2) is 82.8 Å². The maximum atomic E-state index is 13.8. The number of aliphatic hydroxyl groups is 2. The van der Waals surface area contributed by atoms with Crippen LogP contribution in [0.25, 0.3) is 0 Å². The van der Waals surface area contributed by atoms with Gasteiger partial charge in [0.05, 0.1) is 0 Å². The third-order valence-electron chi connectivity index (χ3n) is 9.81. The van der Waals surface area contributed by atoms with Crippen LogP contribution < -0.4 is 0 Å². The molecule has 4 aromatic carbocycles. The summed E-state index contributed by atoms with van der Waals surface area (Å²) < 4.78 is 12.0. The molecule has 0 amide bonds. The van der Waals surface area contributed by atoms with Crippen molar-refractivity contribution >= 4 is 11.9 Å². The summed E-state index contributed by atoms with van der Waals surface area (Å²) in [5.41, 5.74) is 4.10. The Morgan fingerprint density at radius 1 is 0.463 bits per heavy atom. The number of esters is 2. The average molecular weight is 737 g/mol. The molecule has 0 aliphatic carbocycles. The molecular weight excluding hydrogens is 677 g/mol. The van der Waals surface area contributed by atoms with E-state index in [1.165, 1.54) is 0 Å². The summed E-state index contributed by atoms with van der Waals surface area (Å²) in [6.45, 7) is 10.3. The van der Waals surface area contributed by atoms with E-state index in [9.17, 15) is 19.8 Å². The highest BCUT2D eigenvalue weighted by Crippen LogP contribution is 2.33. The van der Waals surface area contributed by atoms with E-state index in [0.717, 1.165) is 47.9 Å². The van der Waals surface area contributed by atoms with Crippen molar-refractivity contribution in [2.45, 2.75) is 103 Å². The first-order chi connectivity index (χ1) is 26.3. The van der Waals surface area contributed by atoms with Gasteiger partial charge >= 0.3 is 11.9 Å². The normalized spacial score (nSPS) is 13.9. The fraction of sp³-hybridized carbons (Fsp3) is 0.435. The van der Waals surface area contributed by atoms with E-state index in [1.54, 1.807) is 0 Å². The Hall–Kier alpha value is -4.34. The molecule has 2 N–H and O–H groups in total. The lowest BCUT2D eigenvalue weighted by molar-refractivity contribution is -0.197. The lowest BCUT2D eigenvalue weighted by Gasteiger charge is -2.36. The molecule has 4 rings (SSSR count). The Morgan fingerprint density at radius 2 is 0.704 bits per heavy atom. The van der Waals surface area contributed by atoms with Crippen molar-refractivity contribution in [2.24, 2.45) is 0 Å². The van der Waals surface area contributed by atoms with Crippen LogP contribution in [0.1, 0.15) is 100 Å². The highest BCUT2D eigenvalue weighted by atomic mass is 16.6. The molecule has 8 nitrogen and oxygen atoms in total.